The summed E-state index contributed by atoms with van der Waals surface area (Å²) in [5.41, 5.74) is 2.47. The minimum absolute atomic E-state index is 0.117. The van der Waals surface area contributed by atoms with Crippen molar-refractivity contribution in [3.05, 3.63) is 45.4 Å². The predicted octanol–water partition coefficient (Wildman–Crippen LogP) is 2.75. The largest absolute Gasteiger partial charge is 0.352 e. The van der Waals surface area contributed by atoms with E-state index in [1.807, 2.05) is 6.92 Å². The number of benzene rings is 1. The van der Waals surface area contributed by atoms with E-state index in [2.05, 4.69) is 20.9 Å². The number of hydrogen-bond donors (Lipinski definition) is 3. The maximum Gasteiger partial charge on any atom is 0.319 e. The molecule has 6 nitrogen and oxygen atoms in total. The van der Waals surface area contributed by atoms with Crippen LogP contribution in [-0.4, -0.2) is 30.0 Å². The molecule has 132 valence electrons. The molecule has 0 fully saturated rings. The number of carbonyl (C=O) groups excluding carboxylic acids is 2. The summed E-state index contributed by atoms with van der Waals surface area (Å²) in [5.74, 6) is -0.117. The minimum atomic E-state index is -0.255. The number of nitrogens with one attached hydrogen (secondary N) is 3. The Morgan fingerprint density at radius 3 is 2.68 bits per heavy atom. The van der Waals surface area contributed by atoms with Crippen molar-refractivity contribution in [3.8, 4) is 0 Å². The van der Waals surface area contributed by atoms with Gasteiger partial charge < -0.3 is 16.0 Å². The highest BCUT2D eigenvalue weighted by molar-refractivity contribution is 7.11. The van der Waals surface area contributed by atoms with E-state index >= 15 is 0 Å². The molecule has 0 saturated carbocycles. The number of hydrogen-bond acceptors (Lipinski definition) is 4. The molecule has 0 bridgehead atoms. The Labute approximate surface area is 151 Å². The minimum Gasteiger partial charge on any atom is -0.352 e. The van der Waals surface area contributed by atoms with Gasteiger partial charge in [0.2, 0.25) is 0 Å². The molecule has 0 radical (unpaired) electrons. The molecule has 1 aromatic heterocycles. The number of amides is 3. The first-order chi connectivity index (χ1) is 12.2. The number of aromatic nitrogens is 1. The van der Waals surface area contributed by atoms with Crippen LogP contribution < -0.4 is 16.0 Å². The normalized spacial score (nSPS) is 12.5. The molecule has 1 heterocycles. The molecule has 0 saturated heterocycles. The third-order valence-corrected chi connectivity index (χ3v) is 5.22. The average Bonchev–Trinajstić information content (AvgIpc) is 3.17. The molecule has 1 aromatic carbocycles. The highest BCUT2D eigenvalue weighted by Crippen LogP contribution is 2.27. The van der Waals surface area contributed by atoms with Gasteiger partial charge in [0.25, 0.3) is 5.91 Å². The van der Waals surface area contributed by atoms with Crippen LogP contribution in [0.2, 0.25) is 0 Å². The zero-order chi connectivity index (χ0) is 17.6. The molecular formula is C18H22N4O2S. The second-order valence-corrected chi connectivity index (χ2v) is 7.07. The van der Waals surface area contributed by atoms with Crippen LogP contribution in [0.1, 0.15) is 39.3 Å². The van der Waals surface area contributed by atoms with E-state index in [9.17, 15) is 9.59 Å². The van der Waals surface area contributed by atoms with Crippen LogP contribution in [0.3, 0.4) is 0 Å². The quantitative estimate of drug-likeness (QED) is 0.742. The van der Waals surface area contributed by atoms with Gasteiger partial charge in [-0.25, -0.2) is 9.78 Å². The van der Waals surface area contributed by atoms with Gasteiger partial charge in [-0.1, -0.05) is 0 Å². The molecule has 25 heavy (non-hydrogen) atoms. The van der Waals surface area contributed by atoms with Gasteiger partial charge in [-0.2, -0.15) is 0 Å². The lowest BCUT2D eigenvalue weighted by molar-refractivity contribution is 0.0956. The summed E-state index contributed by atoms with van der Waals surface area (Å²) in [6.45, 7) is 3.01. The number of nitrogens with zero attached hydrogens (tertiary/aromatic N) is 1. The number of fused-ring (bicyclic) bond motifs is 1. The maximum atomic E-state index is 11.9. The number of rotatable bonds is 6. The molecular weight excluding hydrogens is 336 g/mol. The molecule has 0 aliphatic heterocycles. The standard InChI is InChI=1S/C18H22N4O2S/c1-2-19-17(23)12-6-8-13(9-7-12)21-18(24)20-11-10-16-22-14-4-3-5-15(14)25-16/h6-9H,2-5,10-11H2,1H3,(H,19,23)(H2,20,21,24). The van der Waals surface area contributed by atoms with Crippen LogP contribution in [-0.2, 0) is 19.3 Å². The molecule has 3 rings (SSSR count). The van der Waals surface area contributed by atoms with Crippen LogP contribution in [0.5, 0.6) is 0 Å². The third-order valence-electron chi connectivity index (χ3n) is 4.01. The summed E-state index contributed by atoms with van der Waals surface area (Å²) >= 11 is 1.77. The van der Waals surface area contributed by atoms with Crippen LogP contribution in [0, 0.1) is 0 Å². The van der Waals surface area contributed by atoms with Crippen molar-refractivity contribution in [2.45, 2.75) is 32.6 Å². The first kappa shape index (κ1) is 17.4. The van der Waals surface area contributed by atoms with Gasteiger partial charge in [-0.05, 0) is 50.5 Å². The first-order valence-corrected chi connectivity index (χ1v) is 9.38. The number of aryl methyl sites for hydroxylation is 2. The maximum absolute atomic E-state index is 11.9. The predicted molar refractivity (Wildman–Crippen MR) is 99.3 cm³/mol. The molecule has 2 aromatic rings. The Morgan fingerprint density at radius 1 is 1.16 bits per heavy atom. The summed E-state index contributed by atoms with van der Waals surface area (Å²) in [6.07, 6.45) is 4.20. The molecule has 7 heteroatoms. The highest BCUT2D eigenvalue weighted by atomic mass is 32.1. The van der Waals surface area contributed by atoms with Crippen molar-refractivity contribution in [2.24, 2.45) is 0 Å². The highest BCUT2D eigenvalue weighted by Gasteiger charge is 2.16. The smallest absolute Gasteiger partial charge is 0.319 e. The Balaban J connectivity index is 1.43. The molecule has 1 aliphatic rings. The van der Waals surface area contributed by atoms with Gasteiger partial charge in [0.05, 0.1) is 10.7 Å². The van der Waals surface area contributed by atoms with E-state index in [4.69, 9.17) is 0 Å². The molecule has 3 N–H and O–H groups in total. The zero-order valence-electron chi connectivity index (χ0n) is 14.2. The SMILES string of the molecule is CCNC(=O)c1ccc(NC(=O)NCCc2nc3c(s2)CCC3)cc1. The van der Waals surface area contributed by atoms with Gasteiger partial charge in [-0.15, -0.1) is 11.3 Å². The number of carbonyl (C=O) groups is 2. The van der Waals surface area contributed by atoms with E-state index in [0.29, 0.717) is 24.3 Å². The zero-order valence-corrected chi connectivity index (χ0v) is 15.0. The van der Waals surface area contributed by atoms with Crippen LogP contribution in [0.25, 0.3) is 0 Å². The Bertz CT molecular complexity index is 733. The number of anilines is 1. The Hall–Kier alpha value is -2.41. The second-order valence-electron chi connectivity index (χ2n) is 5.90. The van der Waals surface area contributed by atoms with E-state index in [0.717, 1.165) is 24.3 Å². The van der Waals surface area contributed by atoms with Crippen LogP contribution >= 0.6 is 11.3 Å². The van der Waals surface area contributed by atoms with Crippen LogP contribution in [0.15, 0.2) is 24.3 Å². The Kier molecular flexibility index (Phi) is 5.65. The van der Waals surface area contributed by atoms with Gasteiger partial charge in [-0.3, -0.25) is 4.79 Å². The molecule has 0 unspecified atom stereocenters. The molecule has 1 aliphatic carbocycles. The average molecular weight is 358 g/mol. The monoisotopic (exact) mass is 358 g/mol. The lowest BCUT2D eigenvalue weighted by atomic mass is 10.2. The van der Waals surface area contributed by atoms with Crippen molar-refractivity contribution >= 4 is 29.0 Å². The molecule has 0 spiro atoms. The number of thiazole rings is 1. The van der Waals surface area contributed by atoms with E-state index < -0.39 is 0 Å². The fraction of sp³-hybridized carbons (Fsp3) is 0.389. The van der Waals surface area contributed by atoms with Crippen molar-refractivity contribution in [1.29, 1.82) is 0 Å². The van der Waals surface area contributed by atoms with E-state index in [1.54, 1.807) is 35.6 Å². The molecule has 0 atom stereocenters. The summed E-state index contributed by atoms with van der Waals surface area (Å²) in [6, 6.07) is 6.57. The Morgan fingerprint density at radius 2 is 1.96 bits per heavy atom. The van der Waals surface area contributed by atoms with Gasteiger partial charge in [0, 0.05) is 35.6 Å². The lowest BCUT2D eigenvalue weighted by Crippen LogP contribution is -2.30. The van der Waals surface area contributed by atoms with Crippen molar-refractivity contribution < 1.29 is 9.59 Å². The summed E-state index contributed by atoms with van der Waals surface area (Å²) in [7, 11) is 0. The van der Waals surface area contributed by atoms with Crippen molar-refractivity contribution in [2.75, 3.05) is 18.4 Å². The van der Waals surface area contributed by atoms with Gasteiger partial charge >= 0.3 is 6.03 Å². The van der Waals surface area contributed by atoms with Gasteiger partial charge in [0.15, 0.2) is 0 Å². The summed E-state index contributed by atoms with van der Waals surface area (Å²) < 4.78 is 0. The third kappa shape index (κ3) is 4.57. The van der Waals surface area contributed by atoms with E-state index in [-0.39, 0.29) is 11.9 Å². The van der Waals surface area contributed by atoms with Crippen molar-refractivity contribution in [1.82, 2.24) is 15.6 Å². The van der Waals surface area contributed by atoms with E-state index in [1.165, 1.54) is 17.0 Å². The number of urea groups is 1. The fourth-order valence-electron chi connectivity index (χ4n) is 2.78. The summed E-state index contributed by atoms with van der Waals surface area (Å²) in [4.78, 5) is 29.7. The first-order valence-electron chi connectivity index (χ1n) is 8.56. The topological polar surface area (TPSA) is 83.1 Å². The fourth-order valence-corrected chi connectivity index (χ4v) is 3.93. The van der Waals surface area contributed by atoms with Gasteiger partial charge in [0.1, 0.15) is 0 Å². The van der Waals surface area contributed by atoms with Crippen LogP contribution in [0.4, 0.5) is 10.5 Å². The lowest BCUT2D eigenvalue weighted by Gasteiger charge is -2.08. The van der Waals surface area contributed by atoms with Crippen molar-refractivity contribution in [3.63, 3.8) is 0 Å². The molecule has 3 amide bonds. The second kappa shape index (κ2) is 8.11. The summed E-state index contributed by atoms with van der Waals surface area (Å²) in [5, 5.41) is 9.44.